The molecular weight excluding hydrogens is 214 g/mol. The van der Waals surface area contributed by atoms with Crippen LogP contribution in [0.15, 0.2) is 10.6 Å². The van der Waals surface area contributed by atoms with Gasteiger partial charge in [0.25, 0.3) is 0 Å². The van der Waals surface area contributed by atoms with Crippen molar-refractivity contribution in [2.75, 3.05) is 6.54 Å². The van der Waals surface area contributed by atoms with Crippen LogP contribution in [0.3, 0.4) is 0 Å². The van der Waals surface area contributed by atoms with Crippen LogP contribution in [0.1, 0.15) is 17.9 Å². The Kier molecular flexibility index (Phi) is 4.31. The summed E-state index contributed by atoms with van der Waals surface area (Å²) in [5.74, 6) is -0.406. The Balaban J connectivity index is 2.17. The van der Waals surface area contributed by atoms with Crippen LogP contribution in [0.4, 0.5) is 4.79 Å². The molecule has 1 heterocycles. The van der Waals surface area contributed by atoms with E-state index >= 15 is 0 Å². The minimum atomic E-state index is -0.953. The van der Waals surface area contributed by atoms with Crippen molar-refractivity contribution in [3.05, 3.63) is 17.5 Å². The third-order valence-electron chi connectivity index (χ3n) is 1.72. The maximum Gasteiger partial charge on any atom is 0.315 e. The van der Waals surface area contributed by atoms with E-state index in [-0.39, 0.29) is 19.5 Å². The molecule has 0 aliphatic carbocycles. The normalized spacial score (nSPS) is 9.81. The van der Waals surface area contributed by atoms with E-state index in [1.165, 1.54) is 0 Å². The second kappa shape index (κ2) is 5.74. The van der Waals surface area contributed by atoms with Crippen molar-refractivity contribution < 1.29 is 19.2 Å². The number of nitrogens with one attached hydrogen (secondary N) is 2. The molecule has 0 unspecified atom stereocenters. The first-order valence-corrected chi connectivity index (χ1v) is 4.73. The zero-order valence-corrected chi connectivity index (χ0v) is 8.82. The second-order valence-electron chi connectivity index (χ2n) is 3.19. The number of carboxylic acid groups (broad SMARTS) is 1. The summed E-state index contributed by atoms with van der Waals surface area (Å²) < 4.78 is 4.87. The minimum absolute atomic E-state index is 0.0938. The van der Waals surface area contributed by atoms with Crippen LogP contribution in [0.2, 0.25) is 0 Å². The summed E-state index contributed by atoms with van der Waals surface area (Å²) in [5.41, 5.74) is 0.739. The predicted molar refractivity (Wildman–Crippen MR) is 53.7 cm³/mol. The van der Waals surface area contributed by atoms with Gasteiger partial charge in [-0.2, -0.15) is 0 Å². The van der Waals surface area contributed by atoms with Crippen LogP contribution in [0.5, 0.6) is 0 Å². The van der Waals surface area contributed by atoms with E-state index in [2.05, 4.69) is 15.8 Å². The van der Waals surface area contributed by atoms with Gasteiger partial charge in [-0.05, 0) is 6.92 Å². The van der Waals surface area contributed by atoms with Gasteiger partial charge in [0.1, 0.15) is 0 Å². The number of carbonyl (C=O) groups excluding carboxylic acids is 1. The number of nitrogens with zero attached hydrogens (tertiary/aromatic N) is 1. The maximum absolute atomic E-state index is 11.1. The Hall–Kier alpha value is -2.05. The van der Waals surface area contributed by atoms with Gasteiger partial charge in [-0.1, -0.05) is 5.16 Å². The standard InChI is InChI=1S/C9H13N3O4/c1-6-4-7(16-12-6)5-11-9(15)10-3-2-8(13)14/h4H,2-3,5H2,1H3,(H,13,14)(H2,10,11,15). The summed E-state index contributed by atoms with van der Waals surface area (Å²) in [5, 5.41) is 16.9. The summed E-state index contributed by atoms with van der Waals surface area (Å²) in [7, 11) is 0. The van der Waals surface area contributed by atoms with Gasteiger partial charge in [0.2, 0.25) is 0 Å². The molecule has 0 aliphatic heterocycles. The first-order chi connectivity index (χ1) is 7.58. The minimum Gasteiger partial charge on any atom is -0.481 e. The molecule has 1 rings (SSSR count). The van der Waals surface area contributed by atoms with Crippen molar-refractivity contribution in [2.45, 2.75) is 19.9 Å². The van der Waals surface area contributed by atoms with Crippen molar-refractivity contribution in [2.24, 2.45) is 0 Å². The highest BCUT2D eigenvalue weighted by molar-refractivity contribution is 5.74. The van der Waals surface area contributed by atoms with E-state index < -0.39 is 12.0 Å². The van der Waals surface area contributed by atoms with Crippen LogP contribution < -0.4 is 10.6 Å². The van der Waals surface area contributed by atoms with Crippen molar-refractivity contribution in [1.29, 1.82) is 0 Å². The molecule has 1 aromatic heterocycles. The first kappa shape index (κ1) is 12.0. The van der Waals surface area contributed by atoms with Gasteiger partial charge < -0.3 is 20.3 Å². The van der Waals surface area contributed by atoms with Crippen LogP contribution in [0.25, 0.3) is 0 Å². The molecule has 0 spiro atoms. The average Bonchev–Trinajstić information content (AvgIpc) is 2.61. The summed E-state index contributed by atoms with van der Waals surface area (Å²) in [6.45, 7) is 2.09. The Bertz CT molecular complexity index is 375. The van der Waals surface area contributed by atoms with Gasteiger partial charge in [-0.3, -0.25) is 4.79 Å². The molecule has 0 fully saturated rings. The van der Waals surface area contributed by atoms with Crippen molar-refractivity contribution in [3.63, 3.8) is 0 Å². The largest absolute Gasteiger partial charge is 0.481 e. The fourth-order valence-corrected chi connectivity index (χ4v) is 1.01. The Labute approximate surface area is 91.8 Å². The zero-order valence-electron chi connectivity index (χ0n) is 8.82. The topological polar surface area (TPSA) is 104 Å². The number of urea groups is 1. The monoisotopic (exact) mass is 227 g/mol. The molecule has 0 aliphatic rings. The van der Waals surface area contributed by atoms with Crippen molar-refractivity contribution in [1.82, 2.24) is 15.8 Å². The highest BCUT2D eigenvalue weighted by Crippen LogP contribution is 2.00. The maximum atomic E-state index is 11.1. The Morgan fingerprint density at radius 2 is 2.25 bits per heavy atom. The number of hydrogen-bond acceptors (Lipinski definition) is 4. The fourth-order valence-electron chi connectivity index (χ4n) is 1.01. The summed E-state index contributed by atoms with van der Waals surface area (Å²) in [4.78, 5) is 21.3. The van der Waals surface area contributed by atoms with Crippen LogP contribution >= 0.6 is 0 Å². The number of hydrogen-bond donors (Lipinski definition) is 3. The predicted octanol–water partition coefficient (Wildman–Crippen LogP) is 0.257. The fraction of sp³-hybridized carbons (Fsp3) is 0.444. The molecule has 0 saturated heterocycles. The molecule has 3 N–H and O–H groups in total. The lowest BCUT2D eigenvalue weighted by Gasteiger charge is -2.03. The highest BCUT2D eigenvalue weighted by Gasteiger charge is 2.04. The van der Waals surface area contributed by atoms with Gasteiger partial charge in [-0.15, -0.1) is 0 Å². The van der Waals surface area contributed by atoms with Gasteiger partial charge >= 0.3 is 12.0 Å². The lowest BCUT2D eigenvalue weighted by atomic mass is 10.4. The molecule has 88 valence electrons. The summed E-state index contributed by atoms with van der Waals surface area (Å²) in [6, 6.07) is 1.27. The number of carboxylic acids is 1. The number of aromatic nitrogens is 1. The van der Waals surface area contributed by atoms with Crippen molar-refractivity contribution >= 4 is 12.0 Å². The molecule has 7 nitrogen and oxygen atoms in total. The smallest absolute Gasteiger partial charge is 0.315 e. The third-order valence-corrected chi connectivity index (χ3v) is 1.72. The van der Waals surface area contributed by atoms with E-state index in [4.69, 9.17) is 9.63 Å². The number of aryl methyl sites for hydroxylation is 1. The van der Waals surface area contributed by atoms with Crippen LogP contribution in [0, 0.1) is 6.92 Å². The van der Waals surface area contributed by atoms with E-state index in [1.54, 1.807) is 13.0 Å². The molecule has 0 bridgehead atoms. The summed E-state index contributed by atoms with van der Waals surface area (Å²) >= 11 is 0. The van der Waals surface area contributed by atoms with Gasteiger partial charge in [0.05, 0.1) is 18.7 Å². The third kappa shape index (κ3) is 4.45. The number of amides is 2. The molecule has 0 saturated carbocycles. The van der Waals surface area contributed by atoms with Crippen molar-refractivity contribution in [3.8, 4) is 0 Å². The Morgan fingerprint density at radius 1 is 1.50 bits per heavy atom. The van der Waals surface area contributed by atoms with E-state index in [0.717, 1.165) is 5.69 Å². The van der Waals surface area contributed by atoms with E-state index in [0.29, 0.717) is 5.76 Å². The Morgan fingerprint density at radius 3 is 2.81 bits per heavy atom. The molecule has 7 heteroatoms. The zero-order chi connectivity index (χ0) is 12.0. The number of carbonyl (C=O) groups is 2. The van der Waals surface area contributed by atoms with Gasteiger partial charge in [0.15, 0.2) is 5.76 Å². The molecule has 16 heavy (non-hydrogen) atoms. The molecular formula is C9H13N3O4. The average molecular weight is 227 g/mol. The van der Waals surface area contributed by atoms with Crippen LogP contribution in [-0.4, -0.2) is 28.8 Å². The number of aliphatic carboxylic acids is 1. The first-order valence-electron chi connectivity index (χ1n) is 4.73. The molecule has 0 aromatic carbocycles. The van der Waals surface area contributed by atoms with Gasteiger partial charge in [-0.25, -0.2) is 4.79 Å². The highest BCUT2D eigenvalue weighted by atomic mass is 16.5. The number of rotatable bonds is 5. The quantitative estimate of drug-likeness (QED) is 0.669. The van der Waals surface area contributed by atoms with E-state index in [9.17, 15) is 9.59 Å². The lowest BCUT2D eigenvalue weighted by Crippen LogP contribution is -2.36. The second-order valence-corrected chi connectivity index (χ2v) is 3.19. The van der Waals surface area contributed by atoms with Crippen LogP contribution in [-0.2, 0) is 11.3 Å². The molecule has 2 amide bonds. The molecule has 1 aromatic rings. The lowest BCUT2D eigenvalue weighted by molar-refractivity contribution is -0.136. The van der Waals surface area contributed by atoms with Gasteiger partial charge in [0, 0.05) is 12.6 Å². The molecule has 0 atom stereocenters. The van der Waals surface area contributed by atoms with E-state index in [1.807, 2.05) is 0 Å². The summed E-state index contributed by atoms with van der Waals surface area (Å²) in [6.07, 6.45) is -0.102. The molecule has 0 radical (unpaired) electrons. The SMILES string of the molecule is Cc1cc(CNC(=O)NCCC(=O)O)on1.